The first-order valence-corrected chi connectivity index (χ1v) is 6.29. The molecule has 2 rings (SSSR count). The van der Waals surface area contributed by atoms with Crippen molar-refractivity contribution in [3.8, 4) is 11.5 Å². The number of aromatic carboxylic acids is 1. The fourth-order valence-electron chi connectivity index (χ4n) is 2.11. The topological polar surface area (TPSA) is 66.8 Å². The van der Waals surface area contributed by atoms with Crippen molar-refractivity contribution in [2.45, 2.75) is 12.8 Å². The molecule has 0 aliphatic heterocycles. The zero-order valence-electron chi connectivity index (χ0n) is 11.2. The second kappa shape index (κ2) is 6.10. The van der Waals surface area contributed by atoms with E-state index in [1.54, 1.807) is 19.2 Å². The van der Waals surface area contributed by atoms with Gasteiger partial charge in [0.05, 0.1) is 7.11 Å². The lowest BCUT2D eigenvalue weighted by molar-refractivity contribution is 0.0692. The van der Waals surface area contributed by atoms with Crippen LogP contribution >= 0.6 is 0 Å². The van der Waals surface area contributed by atoms with Gasteiger partial charge >= 0.3 is 5.97 Å². The highest BCUT2D eigenvalue weighted by atomic mass is 16.5. The summed E-state index contributed by atoms with van der Waals surface area (Å²) in [6.45, 7) is 0. The summed E-state index contributed by atoms with van der Waals surface area (Å²) < 4.78 is 5.09. The number of benzene rings is 2. The van der Waals surface area contributed by atoms with Crippen LogP contribution in [0.15, 0.2) is 42.5 Å². The number of aromatic hydroxyl groups is 1. The van der Waals surface area contributed by atoms with Crippen LogP contribution in [0.1, 0.15) is 21.5 Å². The Morgan fingerprint density at radius 3 is 2.40 bits per heavy atom. The monoisotopic (exact) mass is 272 g/mol. The van der Waals surface area contributed by atoms with E-state index in [4.69, 9.17) is 9.84 Å². The summed E-state index contributed by atoms with van der Waals surface area (Å²) >= 11 is 0. The van der Waals surface area contributed by atoms with Gasteiger partial charge in [0.15, 0.2) is 0 Å². The fraction of sp³-hybridized carbons (Fsp3) is 0.188. The molecule has 0 saturated carbocycles. The van der Waals surface area contributed by atoms with E-state index in [2.05, 4.69) is 0 Å². The lowest BCUT2D eigenvalue weighted by atomic mass is 9.99. The van der Waals surface area contributed by atoms with E-state index < -0.39 is 5.97 Å². The van der Waals surface area contributed by atoms with Gasteiger partial charge in [-0.15, -0.1) is 0 Å². The maximum Gasteiger partial charge on any atom is 0.339 e. The predicted molar refractivity (Wildman–Crippen MR) is 75.5 cm³/mol. The van der Waals surface area contributed by atoms with Crippen molar-refractivity contribution in [3.63, 3.8) is 0 Å². The van der Waals surface area contributed by atoms with Crippen LogP contribution < -0.4 is 4.74 Å². The van der Waals surface area contributed by atoms with Crippen molar-refractivity contribution in [2.75, 3.05) is 7.11 Å². The molecule has 0 spiro atoms. The van der Waals surface area contributed by atoms with Gasteiger partial charge in [0, 0.05) is 0 Å². The van der Waals surface area contributed by atoms with Gasteiger partial charge in [-0.2, -0.15) is 0 Å². The van der Waals surface area contributed by atoms with Gasteiger partial charge in [0.25, 0.3) is 0 Å². The lowest BCUT2D eigenvalue weighted by Gasteiger charge is -2.08. The second-order valence-electron chi connectivity index (χ2n) is 4.46. The maximum atomic E-state index is 11.2. The standard InChI is InChI=1S/C16H16O4/c1-20-13-9-6-11(7-10-13)5-8-12-3-2-4-14(17)15(12)16(18)19/h2-4,6-7,9-10,17H,5,8H2,1H3,(H,18,19). The van der Waals surface area contributed by atoms with Gasteiger partial charge in [-0.25, -0.2) is 4.79 Å². The molecule has 2 N–H and O–H groups in total. The van der Waals surface area contributed by atoms with Crippen LogP contribution in [-0.2, 0) is 12.8 Å². The number of hydrogen-bond donors (Lipinski definition) is 2. The summed E-state index contributed by atoms with van der Waals surface area (Å²) in [5, 5.41) is 18.8. The van der Waals surface area contributed by atoms with E-state index in [1.165, 1.54) is 6.07 Å². The van der Waals surface area contributed by atoms with E-state index in [0.29, 0.717) is 18.4 Å². The average molecular weight is 272 g/mol. The first-order valence-electron chi connectivity index (χ1n) is 6.29. The Hall–Kier alpha value is -2.49. The zero-order chi connectivity index (χ0) is 14.5. The van der Waals surface area contributed by atoms with Crippen molar-refractivity contribution in [1.82, 2.24) is 0 Å². The molecule has 0 aliphatic rings. The van der Waals surface area contributed by atoms with Crippen molar-refractivity contribution in [3.05, 3.63) is 59.2 Å². The van der Waals surface area contributed by atoms with Gasteiger partial charge < -0.3 is 14.9 Å². The number of carbonyl (C=O) groups is 1. The molecular formula is C16H16O4. The Balaban J connectivity index is 2.14. The van der Waals surface area contributed by atoms with Crippen molar-refractivity contribution < 1.29 is 19.7 Å². The van der Waals surface area contributed by atoms with Crippen molar-refractivity contribution in [2.24, 2.45) is 0 Å². The number of ether oxygens (including phenoxy) is 1. The van der Waals surface area contributed by atoms with Crippen LogP contribution in [0.4, 0.5) is 0 Å². The molecule has 0 atom stereocenters. The second-order valence-corrected chi connectivity index (χ2v) is 4.46. The average Bonchev–Trinajstić information content (AvgIpc) is 2.45. The minimum Gasteiger partial charge on any atom is -0.507 e. The molecule has 4 nitrogen and oxygen atoms in total. The molecule has 0 heterocycles. The number of aryl methyl sites for hydroxylation is 2. The molecule has 0 bridgehead atoms. The van der Waals surface area contributed by atoms with Crippen LogP contribution in [0.5, 0.6) is 11.5 Å². The highest BCUT2D eigenvalue weighted by molar-refractivity contribution is 5.92. The SMILES string of the molecule is COc1ccc(CCc2cccc(O)c2C(=O)O)cc1. The molecule has 0 aromatic heterocycles. The summed E-state index contributed by atoms with van der Waals surface area (Å²) in [6, 6.07) is 12.4. The Morgan fingerprint density at radius 1 is 1.10 bits per heavy atom. The summed E-state index contributed by atoms with van der Waals surface area (Å²) in [4.78, 5) is 11.2. The van der Waals surface area contributed by atoms with Gasteiger partial charge in [-0.1, -0.05) is 24.3 Å². The van der Waals surface area contributed by atoms with Gasteiger partial charge in [-0.3, -0.25) is 0 Å². The number of carboxylic acid groups (broad SMARTS) is 1. The van der Waals surface area contributed by atoms with E-state index in [1.807, 2.05) is 24.3 Å². The highest BCUT2D eigenvalue weighted by Gasteiger charge is 2.14. The number of rotatable bonds is 5. The molecule has 0 radical (unpaired) electrons. The largest absolute Gasteiger partial charge is 0.507 e. The summed E-state index contributed by atoms with van der Waals surface area (Å²) in [6.07, 6.45) is 1.26. The molecule has 0 fully saturated rings. The fourth-order valence-corrected chi connectivity index (χ4v) is 2.11. The molecule has 4 heteroatoms. The lowest BCUT2D eigenvalue weighted by Crippen LogP contribution is -2.04. The molecule has 0 unspecified atom stereocenters. The molecule has 0 amide bonds. The van der Waals surface area contributed by atoms with E-state index in [-0.39, 0.29) is 11.3 Å². The van der Waals surface area contributed by atoms with E-state index in [9.17, 15) is 9.90 Å². The van der Waals surface area contributed by atoms with Crippen LogP contribution in [0.3, 0.4) is 0 Å². The third-order valence-electron chi connectivity index (χ3n) is 3.18. The first-order chi connectivity index (χ1) is 9.61. The molecule has 2 aromatic rings. The van der Waals surface area contributed by atoms with E-state index >= 15 is 0 Å². The van der Waals surface area contributed by atoms with Crippen molar-refractivity contribution in [1.29, 1.82) is 0 Å². The Kier molecular flexibility index (Phi) is 4.25. The van der Waals surface area contributed by atoms with Crippen LogP contribution in [0.25, 0.3) is 0 Å². The Bertz CT molecular complexity index is 602. The Labute approximate surface area is 117 Å². The number of hydrogen-bond acceptors (Lipinski definition) is 3. The van der Waals surface area contributed by atoms with Gasteiger partial charge in [0.1, 0.15) is 17.1 Å². The first kappa shape index (κ1) is 13.9. The summed E-state index contributed by atoms with van der Waals surface area (Å²) in [5.74, 6) is -0.505. The highest BCUT2D eigenvalue weighted by Crippen LogP contribution is 2.22. The number of carboxylic acids is 1. The molecule has 104 valence electrons. The van der Waals surface area contributed by atoms with Gasteiger partial charge in [-0.05, 0) is 42.2 Å². The minimum absolute atomic E-state index is 0.0130. The molecule has 20 heavy (non-hydrogen) atoms. The normalized spacial score (nSPS) is 10.2. The van der Waals surface area contributed by atoms with Crippen LogP contribution in [0, 0.1) is 0 Å². The number of phenols is 1. The predicted octanol–water partition coefficient (Wildman–Crippen LogP) is 2.88. The maximum absolute atomic E-state index is 11.2. The molecule has 0 aliphatic carbocycles. The van der Waals surface area contributed by atoms with Crippen molar-refractivity contribution >= 4 is 5.97 Å². The molecule has 2 aromatic carbocycles. The molecular weight excluding hydrogens is 256 g/mol. The third-order valence-corrected chi connectivity index (χ3v) is 3.18. The summed E-state index contributed by atoms with van der Waals surface area (Å²) in [7, 11) is 1.61. The van der Waals surface area contributed by atoms with Crippen LogP contribution in [-0.4, -0.2) is 23.3 Å². The smallest absolute Gasteiger partial charge is 0.339 e. The number of methoxy groups -OCH3 is 1. The minimum atomic E-state index is -1.10. The van der Waals surface area contributed by atoms with E-state index in [0.717, 1.165) is 11.3 Å². The zero-order valence-corrected chi connectivity index (χ0v) is 11.2. The van der Waals surface area contributed by atoms with Gasteiger partial charge in [0.2, 0.25) is 0 Å². The Morgan fingerprint density at radius 2 is 1.80 bits per heavy atom. The molecule has 0 saturated heterocycles. The van der Waals surface area contributed by atoms with Crippen LogP contribution in [0.2, 0.25) is 0 Å². The quantitative estimate of drug-likeness (QED) is 0.878. The summed E-state index contributed by atoms with van der Waals surface area (Å²) in [5.41, 5.74) is 1.71. The third kappa shape index (κ3) is 3.09.